The summed E-state index contributed by atoms with van der Waals surface area (Å²) in [6.07, 6.45) is 4.19. The van der Waals surface area contributed by atoms with E-state index in [4.69, 9.17) is 4.74 Å². The first-order valence-electron chi connectivity index (χ1n) is 8.30. The number of hydrogen-bond acceptors (Lipinski definition) is 5. The molecule has 0 bridgehead atoms. The normalized spacial score (nSPS) is 21.7. The smallest absolute Gasteiger partial charge is 0.317 e. The van der Waals surface area contributed by atoms with E-state index in [1.54, 1.807) is 22.4 Å². The molecule has 1 atom stereocenters. The minimum atomic E-state index is -0.0130. The van der Waals surface area contributed by atoms with Crippen molar-refractivity contribution in [2.24, 2.45) is 5.41 Å². The van der Waals surface area contributed by atoms with E-state index in [0.29, 0.717) is 0 Å². The second kappa shape index (κ2) is 7.15. The molecule has 2 amide bonds. The number of morpholine rings is 1. The molecule has 3 rings (SSSR count). The number of amides is 2. The number of nitrogens with one attached hydrogen (secondary N) is 1. The second-order valence-electron chi connectivity index (χ2n) is 6.70. The lowest BCUT2D eigenvalue weighted by Gasteiger charge is -2.31. The Balaban J connectivity index is 1.46. The van der Waals surface area contributed by atoms with Crippen molar-refractivity contribution in [2.45, 2.75) is 25.8 Å². The molecule has 23 heavy (non-hydrogen) atoms. The predicted molar refractivity (Wildman–Crippen MR) is 90.6 cm³/mol. The zero-order valence-electron chi connectivity index (χ0n) is 14.0. The van der Waals surface area contributed by atoms with Crippen LogP contribution in [-0.2, 0) is 4.74 Å². The maximum atomic E-state index is 12.4. The summed E-state index contributed by atoms with van der Waals surface area (Å²) in [6, 6.07) is -0.00894. The number of nitrogens with zero attached hydrogens (tertiary/aromatic N) is 3. The van der Waals surface area contributed by atoms with Gasteiger partial charge in [0.05, 0.1) is 19.3 Å². The third kappa shape index (κ3) is 4.22. The molecule has 2 heterocycles. The molecule has 1 N–H and O–H groups in total. The van der Waals surface area contributed by atoms with Gasteiger partial charge in [-0.2, -0.15) is 0 Å². The van der Waals surface area contributed by atoms with Crippen molar-refractivity contribution in [3.63, 3.8) is 0 Å². The lowest BCUT2D eigenvalue weighted by molar-refractivity contribution is 0.0284. The molecule has 1 aliphatic carbocycles. The number of carbonyl (C=O) groups excluding carboxylic acids is 1. The van der Waals surface area contributed by atoms with E-state index in [1.165, 1.54) is 12.8 Å². The fourth-order valence-corrected chi connectivity index (χ4v) is 3.71. The molecule has 1 unspecified atom stereocenters. The number of carbonyl (C=O) groups is 1. The Morgan fingerprint density at radius 2 is 2.26 bits per heavy atom. The third-order valence-electron chi connectivity index (χ3n) is 4.94. The van der Waals surface area contributed by atoms with Crippen molar-refractivity contribution in [1.29, 1.82) is 0 Å². The average Bonchev–Trinajstić information content (AvgIpc) is 3.11. The molecule has 1 aromatic heterocycles. The summed E-state index contributed by atoms with van der Waals surface area (Å²) in [5.74, 6) is 0. The zero-order valence-corrected chi connectivity index (χ0v) is 14.8. The molecule has 1 aliphatic heterocycles. The summed E-state index contributed by atoms with van der Waals surface area (Å²) in [5, 5.41) is 6.04. The summed E-state index contributed by atoms with van der Waals surface area (Å²) in [4.78, 5) is 20.9. The van der Waals surface area contributed by atoms with Gasteiger partial charge in [0.1, 0.15) is 5.01 Å². The van der Waals surface area contributed by atoms with E-state index >= 15 is 0 Å². The van der Waals surface area contributed by atoms with Gasteiger partial charge in [0.25, 0.3) is 0 Å². The molecule has 6 nitrogen and oxygen atoms in total. The molecular formula is C16H26N4O2S. The lowest BCUT2D eigenvalue weighted by atomic mass is 10.1. The largest absolute Gasteiger partial charge is 0.379 e. The number of thiazole rings is 1. The monoisotopic (exact) mass is 338 g/mol. The van der Waals surface area contributed by atoms with Gasteiger partial charge in [-0.25, -0.2) is 9.78 Å². The third-order valence-corrected chi connectivity index (χ3v) is 5.89. The van der Waals surface area contributed by atoms with E-state index in [0.717, 1.165) is 44.4 Å². The molecule has 0 spiro atoms. The number of urea groups is 1. The summed E-state index contributed by atoms with van der Waals surface area (Å²) in [7, 11) is 1.84. The molecule has 2 fully saturated rings. The molecule has 1 saturated heterocycles. The van der Waals surface area contributed by atoms with Crippen molar-refractivity contribution in [3.05, 3.63) is 16.6 Å². The standard InChI is InChI=1S/C16H26N4O2S/c1-13(14-17-5-10-23-14)19(2)15(21)18-11-16(3-4-16)12-20-6-8-22-9-7-20/h5,10,13H,3-4,6-9,11-12H2,1-2H3,(H,18,21). The van der Waals surface area contributed by atoms with Crippen LogP contribution in [0.2, 0.25) is 0 Å². The van der Waals surface area contributed by atoms with Gasteiger partial charge in [-0.15, -0.1) is 11.3 Å². The highest BCUT2D eigenvalue weighted by molar-refractivity contribution is 7.09. The highest BCUT2D eigenvalue weighted by atomic mass is 32.1. The van der Waals surface area contributed by atoms with Crippen molar-refractivity contribution < 1.29 is 9.53 Å². The number of hydrogen-bond donors (Lipinski definition) is 1. The highest BCUT2D eigenvalue weighted by Crippen LogP contribution is 2.45. The quantitative estimate of drug-likeness (QED) is 0.861. The number of ether oxygens (including phenoxy) is 1. The first-order valence-corrected chi connectivity index (χ1v) is 9.18. The summed E-state index contributed by atoms with van der Waals surface area (Å²) in [6.45, 7) is 7.53. The molecule has 7 heteroatoms. The Morgan fingerprint density at radius 1 is 1.52 bits per heavy atom. The molecule has 1 aromatic rings. The Bertz CT molecular complexity index is 512. The second-order valence-corrected chi connectivity index (χ2v) is 7.63. The first-order chi connectivity index (χ1) is 11.1. The van der Waals surface area contributed by atoms with E-state index in [9.17, 15) is 4.79 Å². The first kappa shape index (κ1) is 16.7. The minimum absolute atomic E-state index is 0.00407. The fourth-order valence-electron chi connectivity index (χ4n) is 2.97. The van der Waals surface area contributed by atoms with Gasteiger partial charge >= 0.3 is 6.03 Å². The SMILES string of the molecule is CC(c1nccs1)N(C)C(=O)NCC1(CN2CCOCC2)CC1. The van der Waals surface area contributed by atoms with Gasteiger partial charge < -0.3 is 15.0 Å². The topological polar surface area (TPSA) is 57.7 Å². The Kier molecular flexibility index (Phi) is 5.18. The molecule has 1 saturated carbocycles. The molecule has 0 aromatic carbocycles. The van der Waals surface area contributed by atoms with Gasteiger partial charge in [0.2, 0.25) is 0 Å². The van der Waals surface area contributed by atoms with Crippen molar-refractivity contribution >= 4 is 17.4 Å². The predicted octanol–water partition coefficient (Wildman–Crippen LogP) is 1.96. The van der Waals surface area contributed by atoms with Crippen molar-refractivity contribution in [1.82, 2.24) is 20.1 Å². The van der Waals surface area contributed by atoms with Crippen LogP contribution in [0, 0.1) is 5.41 Å². The zero-order chi connectivity index (χ0) is 16.3. The number of rotatable bonds is 6. The molecule has 128 valence electrons. The van der Waals surface area contributed by atoms with Crippen molar-refractivity contribution in [3.8, 4) is 0 Å². The maximum absolute atomic E-state index is 12.4. The van der Waals surface area contributed by atoms with Gasteiger partial charge in [-0.05, 0) is 19.8 Å². The van der Waals surface area contributed by atoms with Gasteiger partial charge in [0, 0.05) is 50.2 Å². The van der Waals surface area contributed by atoms with E-state index in [2.05, 4.69) is 15.2 Å². The highest BCUT2D eigenvalue weighted by Gasteiger charge is 2.44. The van der Waals surface area contributed by atoms with Crippen LogP contribution in [-0.4, -0.2) is 67.3 Å². The Labute approximate surface area is 141 Å². The lowest BCUT2D eigenvalue weighted by Crippen LogP contribution is -2.45. The molecule has 2 aliphatic rings. The van der Waals surface area contributed by atoms with Gasteiger partial charge in [-0.3, -0.25) is 4.90 Å². The van der Waals surface area contributed by atoms with E-state index in [1.807, 2.05) is 19.4 Å². The van der Waals surface area contributed by atoms with Crippen LogP contribution in [0.25, 0.3) is 0 Å². The minimum Gasteiger partial charge on any atom is -0.379 e. The van der Waals surface area contributed by atoms with Crippen LogP contribution in [0.15, 0.2) is 11.6 Å². The van der Waals surface area contributed by atoms with Crippen LogP contribution in [0.3, 0.4) is 0 Å². The van der Waals surface area contributed by atoms with Crippen LogP contribution in [0.4, 0.5) is 4.79 Å². The summed E-state index contributed by atoms with van der Waals surface area (Å²) >= 11 is 1.58. The van der Waals surface area contributed by atoms with E-state index in [-0.39, 0.29) is 17.5 Å². The van der Waals surface area contributed by atoms with E-state index < -0.39 is 0 Å². The molecular weight excluding hydrogens is 312 g/mol. The van der Waals surface area contributed by atoms with Crippen molar-refractivity contribution in [2.75, 3.05) is 46.4 Å². The molecule has 0 radical (unpaired) electrons. The maximum Gasteiger partial charge on any atom is 0.317 e. The van der Waals surface area contributed by atoms with Crippen LogP contribution in [0.1, 0.15) is 30.8 Å². The van der Waals surface area contributed by atoms with Crippen LogP contribution in [0.5, 0.6) is 0 Å². The summed E-state index contributed by atoms with van der Waals surface area (Å²) < 4.78 is 5.40. The summed E-state index contributed by atoms with van der Waals surface area (Å²) in [5.41, 5.74) is 0.276. The Morgan fingerprint density at radius 3 is 2.87 bits per heavy atom. The van der Waals surface area contributed by atoms with Gasteiger partial charge in [-0.1, -0.05) is 0 Å². The Hall–Kier alpha value is -1.18. The number of aromatic nitrogens is 1. The average molecular weight is 338 g/mol. The van der Waals surface area contributed by atoms with Crippen LogP contribution < -0.4 is 5.32 Å². The van der Waals surface area contributed by atoms with Crippen LogP contribution >= 0.6 is 11.3 Å². The van der Waals surface area contributed by atoms with Gasteiger partial charge in [0.15, 0.2) is 0 Å². The fraction of sp³-hybridized carbons (Fsp3) is 0.750.